The molecule has 1 aromatic carbocycles. The molecule has 120 valence electrons. The van der Waals surface area contributed by atoms with Gasteiger partial charge in [-0.25, -0.2) is 0 Å². The summed E-state index contributed by atoms with van der Waals surface area (Å²) < 4.78 is 10.9. The van der Waals surface area contributed by atoms with Gasteiger partial charge in [-0.1, -0.05) is 13.8 Å². The van der Waals surface area contributed by atoms with Crippen LogP contribution < -0.4 is 14.8 Å². The van der Waals surface area contributed by atoms with Crippen molar-refractivity contribution in [1.82, 2.24) is 10.2 Å². The van der Waals surface area contributed by atoms with Gasteiger partial charge in [0.15, 0.2) is 0 Å². The van der Waals surface area contributed by atoms with Crippen molar-refractivity contribution in [2.24, 2.45) is 0 Å². The summed E-state index contributed by atoms with van der Waals surface area (Å²) in [6.45, 7) is 11.7. The number of rotatable bonds is 9. The normalized spacial score (nSPS) is 12.8. The van der Waals surface area contributed by atoms with E-state index in [4.69, 9.17) is 9.47 Å². The van der Waals surface area contributed by atoms with E-state index in [1.54, 1.807) is 14.2 Å². The number of benzene rings is 1. The third-order valence-electron chi connectivity index (χ3n) is 3.82. The Bertz CT molecular complexity index is 421. The molecule has 0 radical (unpaired) electrons. The van der Waals surface area contributed by atoms with Gasteiger partial charge >= 0.3 is 0 Å². The fourth-order valence-electron chi connectivity index (χ4n) is 2.57. The SMILES string of the molecule is CCNC(CN(CC)C(C)C)c1cc(OC)ccc1OC. The zero-order valence-corrected chi connectivity index (χ0v) is 14.3. The zero-order chi connectivity index (χ0) is 15.8. The van der Waals surface area contributed by atoms with Crippen LogP contribution in [0.15, 0.2) is 18.2 Å². The predicted octanol–water partition coefficient (Wildman–Crippen LogP) is 3.08. The van der Waals surface area contributed by atoms with E-state index in [2.05, 4.69) is 44.0 Å². The number of methoxy groups -OCH3 is 2. The lowest BCUT2D eigenvalue weighted by molar-refractivity contribution is 0.206. The van der Waals surface area contributed by atoms with Crippen LogP contribution in [0.3, 0.4) is 0 Å². The Morgan fingerprint density at radius 2 is 1.86 bits per heavy atom. The number of hydrogen-bond acceptors (Lipinski definition) is 4. The van der Waals surface area contributed by atoms with E-state index in [0.29, 0.717) is 6.04 Å². The van der Waals surface area contributed by atoms with Crippen LogP contribution in [-0.4, -0.2) is 44.8 Å². The molecule has 0 aliphatic rings. The Hall–Kier alpha value is -1.26. The molecule has 0 bridgehead atoms. The molecule has 1 N–H and O–H groups in total. The third kappa shape index (κ3) is 4.90. The molecule has 0 amide bonds. The maximum atomic E-state index is 5.53. The summed E-state index contributed by atoms with van der Waals surface area (Å²) in [7, 11) is 3.41. The second-order valence-corrected chi connectivity index (χ2v) is 5.40. The van der Waals surface area contributed by atoms with Crippen molar-refractivity contribution in [2.75, 3.05) is 33.9 Å². The highest BCUT2D eigenvalue weighted by Gasteiger charge is 2.20. The highest BCUT2D eigenvalue weighted by Crippen LogP contribution is 2.30. The lowest BCUT2D eigenvalue weighted by atomic mass is 10.0. The number of hydrogen-bond donors (Lipinski definition) is 1. The maximum Gasteiger partial charge on any atom is 0.123 e. The first-order chi connectivity index (χ1) is 10.1. The molecule has 21 heavy (non-hydrogen) atoms. The van der Waals surface area contributed by atoms with E-state index >= 15 is 0 Å². The molecule has 4 nitrogen and oxygen atoms in total. The molecule has 0 heterocycles. The lowest BCUT2D eigenvalue weighted by Gasteiger charge is -2.31. The first-order valence-electron chi connectivity index (χ1n) is 7.76. The summed E-state index contributed by atoms with van der Waals surface area (Å²) >= 11 is 0. The molecule has 0 spiro atoms. The Kier molecular flexibility index (Phi) is 7.54. The van der Waals surface area contributed by atoms with Crippen LogP contribution in [-0.2, 0) is 0 Å². The van der Waals surface area contributed by atoms with Crippen LogP contribution in [0.4, 0.5) is 0 Å². The van der Waals surface area contributed by atoms with Crippen molar-refractivity contribution in [1.29, 1.82) is 0 Å². The molecule has 4 heteroatoms. The van der Waals surface area contributed by atoms with Gasteiger partial charge in [0.05, 0.1) is 14.2 Å². The van der Waals surface area contributed by atoms with Crippen LogP contribution in [0.1, 0.15) is 39.3 Å². The Labute approximate surface area is 129 Å². The van der Waals surface area contributed by atoms with Crippen molar-refractivity contribution >= 4 is 0 Å². The predicted molar refractivity (Wildman–Crippen MR) is 88.3 cm³/mol. The van der Waals surface area contributed by atoms with E-state index in [1.807, 2.05) is 12.1 Å². The molecule has 0 fully saturated rings. The van der Waals surface area contributed by atoms with Crippen LogP contribution >= 0.6 is 0 Å². The summed E-state index contributed by atoms with van der Waals surface area (Å²) in [4.78, 5) is 2.45. The summed E-state index contributed by atoms with van der Waals surface area (Å²) in [6.07, 6.45) is 0. The van der Waals surface area contributed by atoms with Gasteiger partial charge in [0.2, 0.25) is 0 Å². The highest BCUT2D eigenvalue weighted by molar-refractivity contribution is 5.42. The molecule has 0 aliphatic heterocycles. The minimum atomic E-state index is 0.224. The standard InChI is InChI=1S/C17H30N2O2/c1-7-18-16(12-19(8-2)13(3)4)15-11-14(20-5)9-10-17(15)21-6/h9-11,13,16,18H,7-8,12H2,1-6H3. The Morgan fingerprint density at radius 3 is 2.33 bits per heavy atom. The van der Waals surface area contributed by atoms with Gasteiger partial charge in [0.25, 0.3) is 0 Å². The summed E-state index contributed by atoms with van der Waals surface area (Å²) in [6, 6.07) is 6.73. The van der Waals surface area contributed by atoms with E-state index in [9.17, 15) is 0 Å². The molecule has 0 aliphatic carbocycles. The Balaban J connectivity index is 3.08. The fourth-order valence-corrected chi connectivity index (χ4v) is 2.57. The van der Waals surface area contributed by atoms with Crippen molar-refractivity contribution in [3.8, 4) is 11.5 Å². The van der Waals surface area contributed by atoms with Crippen molar-refractivity contribution in [3.63, 3.8) is 0 Å². The van der Waals surface area contributed by atoms with Crippen LogP contribution in [0.2, 0.25) is 0 Å². The molecule has 0 aromatic heterocycles. The molecule has 0 saturated heterocycles. The molecule has 1 rings (SSSR count). The van der Waals surface area contributed by atoms with E-state index in [-0.39, 0.29) is 6.04 Å². The molecule has 1 atom stereocenters. The minimum absolute atomic E-state index is 0.224. The average Bonchev–Trinajstić information content (AvgIpc) is 2.50. The van der Waals surface area contributed by atoms with Gasteiger partial charge in [-0.15, -0.1) is 0 Å². The average molecular weight is 294 g/mol. The topological polar surface area (TPSA) is 33.7 Å². The Morgan fingerprint density at radius 1 is 1.14 bits per heavy atom. The minimum Gasteiger partial charge on any atom is -0.497 e. The van der Waals surface area contributed by atoms with E-state index < -0.39 is 0 Å². The van der Waals surface area contributed by atoms with E-state index in [0.717, 1.165) is 36.7 Å². The molecular formula is C17H30N2O2. The monoisotopic (exact) mass is 294 g/mol. The number of nitrogens with one attached hydrogen (secondary N) is 1. The molecule has 0 saturated carbocycles. The number of nitrogens with zero attached hydrogens (tertiary/aromatic N) is 1. The summed E-state index contributed by atoms with van der Waals surface area (Å²) in [5.41, 5.74) is 1.15. The van der Waals surface area contributed by atoms with Crippen molar-refractivity contribution < 1.29 is 9.47 Å². The van der Waals surface area contributed by atoms with Crippen LogP contribution in [0.25, 0.3) is 0 Å². The summed E-state index contributed by atoms with van der Waals surface area (Å²) in [5, 5.41) is 3.57. The molecule has 1 aromatic rings. The van der Waals surface area contributed by atoms with Crippen LogP contribution in [0.5, 0.6) is 11.5 Å². The summed E-state index contributed by atoms with van der Waals surface area (Å²) in [5.74, 6) is 1.77. The van der Waals surface area contributed by atoms with Gasteiger partial charge in [-0.2, -0.15) is 0 Å². The quantitative estimate of drug-likeness (QED) is 0.759. The van der Waals surface area contributed by atoms with Gasteiger partial charge in [0, 0.05) is 24.2 Å². The molecular weight excluding hydrogens is 264 g/mol. The second-order valence-electron chi connectivity index (χ2n) is 5.40. The third-order valence-corrected chi connectivity index (χ3v) is 3.82. The van der Waals surface area contributed by atoms with Gasteiger partial charge in [-0.3, -0.25) is 4.90 Å². The van der Waals surface area contributed by atoms with Crippen molar-refractivity contribution in [3.05, 3.63) is 23.8 Å². The number of likely N-dealkylation sites (N-methyl/N-ethyl adjacent to an activating group) is 2. The first kappa shape index (κ1) is 17.8. The van der Waals surface area contributed by atoms with Crippen LogP contribution in [0, 0.1) is 0 Å². The van der Waals surface area contributed by atoms with E-state index in [1.165, 1.54) is 0 Å². The number of ether oxygens (including phenoxy) is 2. The smallest absolute Gasteiger partial charge is 0.123 e. The first-order valence-corrected chi connectivity index (χ1v) is 7.76. The zero-order valence-electron chi connectivity index (χ0n) is 14.3. The molecule has 1 unspecified atom stereocenters. The second kappa shape index (κ2) is 8.90. The van der Waals surface area contributed by atoms with Gasteiger partial charge in [0.1, 0.15) is 11.5 Å². The van der Waals surface area contributed by atoms with Gasteiger partial charge < -0.3 is 14.8 Å². The van der Waals surface area contributed by atoms with Gasteiger partial charge in [-0.05, 0) is 45.1 Å². The largest absolute Gasteiger partial charge is 0.497 e. The maximum absolute atomic E-state index is 5.53. The fraction of sp³-hybridized carbons (Fsp3) is 0.647. The highest BCUT2D eigenvalue weighted by atomic mass is 16.5. The van der Waals surface area contributed by atoms with Crippen molar-refractivity contribution in [2.45, 2.75) is 39.8 Å². The lowest BCUT2D eigenvalue weighted by Crippen LogP contribution is -2.39.